The minimum absolute atomic E-state index is 0.128. The van der Waals surface area contributed by atoms with Crippen molar-refractivity contribution in [3.05, 3.63) is 52.6 Å². The molecule has 1 amide bonds. The van der Waals surface area contributed by atoms with Crippen molar-refractivity contribution in [2.45, 2.75) is 57.3 Å². The highest BCUT2D eigenvalue weighted by atomic mass is 32.2. The molecule has 0 saturated carbocycles. The molecule has 8 heteroatoms. The number of hydrogen-bond acceptors (Lipinski definition) is 5. The highest BCUT2D eigenvalue weighted by molar-refractivity contribution is 7.93. The maximum atomic E-state index is 13.9. The fraction of sp³-hybridized carbons (Fsp3) is 0.536. The summed E-state index contributed by atoms with van der Waals surface area (Å²) in [5.74, 6) is 0.777. The Labute approximate surface area is 214 Å². The van der Waals surface area contributed by atoms with E-state index in [-0.39, 0.29) is 5.91 Å². The molecule has 2 aromatic rings. The van der Waals surface area contributed by atoms with Crippen molar-refractivity contribution in [3.8, 4) is 5.75 Å². The summed E-state index contributed by atoms with van der Waals surface area (Å²) in [5, 5.41) is 3.47. The van der Waals surface area contributed by atoms with Crippen molar-refractivity contribution in [1.29, 1.82) is 0 Å². The van der Waals surface area contributed by atoms with Gasteiger partial charge in [-0.1, -0.05) is 12.1 Å². The summed E-state index contributed by atoms with van der Waals surface area (Å²) in [7, 11) is -2.18. The van der Waals surface area contributed by atoms with Gasteiger partial charge in [-0.25, -0.2) is 8.42 Å². The number of nitrogens with one attached hydrogen (secondary N) is 1. The number of sulfonamides is 1. The Bertz CT molecular complexity index is 1230. The van der Waals surface area contributed by atoms with Crippen LogP contribution in [0.4, 0.5) is 5.69 Å². The van der Waals surface area contributed by atoms with Crippen LogP contribution in [0.15, 0.2) is 35.2 Å². The van der Waals surface area contributed by atoms with Crippen LogP contribution in [0.1, 0.15) is 47.9 Å². The number of piperidine rings is 1. The molecule has 5 rings (SSSR count). The van der Waals surface area contributed by atoms with Gasteiger partial charge in [-0.2, -0.15) is 0 Å². The number of carbonyl (C=O) groups excluding carboxylic acids is 1. The average Bonchev–Trinajstić information content (AvgIpc) is 3.31. The molecule has 3 aliphatic heterocycles. The first-order chi connectivity index (χ1) is 17.2. The monoisotopic (exact) mass is 511 g/mol. The van der Waals surface area contributed by atoms with Crippen molar-refractivity contribution in [3.63, 3.8) is 0 Å². The fourth-order valence-corrected chi connectivity index (χ4v) is 8.18. The Morgan fingerprint density at radius 2 is 1.78 bits per heavy atom. The Balaban J connectivity index is 1.37. The van der Waals surface area contributed by atoms with Crippen molar-refractivity contribution >= 4 is 21.6 Å². The molecule has 7 nitrogen and oxygen atoms in total. The molecule has 194 valence electrons. The summed E-state index contributed by atoms with van der Waals surface area (Å²) in [5.41, 5.74) is 4.30. The number of carbonyl (C=O) groups is 1. The highest BCUT2D eigenvalue weighted by Crippen LogP contribution is 2.38. The molecule has 2 saturated heterocycles. The summed E-state index contributed by atoms with van der Waals surface area (Å²) in [6, 6.07) is 9.45. The number of hydrogen-bond donors (Lipinski definition) is 1. The molecule has 0 aliphatic carbocycles. The molecule has 3 aliphatic rings. The number of nitrogens with zero attached hydrogens (tertiary/aromatic N) is 2. The molecule has 2 aromatic carbocycles. The largest absolute Gasteiger partial charge is 0.497 e. The summed E-state index contributed by atoms with van der Waals surface area (Å²) in [4.78, 5) is 15.5. The van der Waals surface area contributed by atoms with Gasteiger partial charge < -0.3 is 15.0 Å². The van der Waals surface area contributed by atoms with Crippen LogP contribution in [-0.4, -0.2) is 59.1 Å². The fourth-order valence-electron chi connectivity index (χ4n) is 6.23. The molecule has 1 spiro atoms. The number of benzene rings is 2. The van der Waals surface area contributed by atoms with E-state index in [4.69, 9.17) is 4.74 Å². The lowest BCUT2D eigenvalue weighted by molar-refractivity contribution is -0.132. The van der Waals surface area contributed by atoms with Crippen LogP contribution in [-0.2, 0) is 27.7 Å². The third-order valence-corrected chi connectivity index (χ3v) is 10.4. The summed E-state index contributed by atoms with van der Waals surface area (Å²) < 4.78 is 34.7. The van der Waals surface area contributed by atoms with E-state index in [9.17, 15) is 13.2 Å². The van der Waals surface area contributed by atoms with Crippen molar-refractivity contribution < 1.29 is 17.9 Å². The number of ether oxygens (including phenoxy) is 1. The number of rotatable bonds is 5. The number of likely N-dealkylation sites (tertiary alicyclic amines) is 1. The summed E-state index contributed by atoms with van der Waals surface area (Å²) in [6.07, 6.45) is 5.22. The predicted octanol–water partition coefficient (Wildman–Crippen LogP) is 3.60. The first kappa shape index (κ1) is 25.1. The van der Waals surface area contributed by atoms with Gasteiger partial charge in [0.15, 0.2) is 0 Å². The van der Waals surface area contributed by atoms with Crippen LogP contribution in [0, 0.1) is 19.3 Å². The molecule has 0 bridgehead atoms. The molecule has 0 atom stereocenters. The van der Waals surface area contributed by atoms with E-state index in [2.05, 4.69) is 5.32 Å². The first-order valence-corrected chi connectivity index (χ1v) is 14.4. The second-order valence-corrected chi connectivity index (χ2v) is 12.5. The maximum Gasteiger partial charge on any atom is 0.264 e. The van der Waals surface area contributed by atoms with Gasteiger partial charge in [-0.05, 0) is 98.4 Å². The molecule has 0 aromatic heterocycles. The van der Waals surface area contributed by atoms with Crippen LogP contribution in [0.25, 0.3) is 0 Å². The van der Waals surface area contributed by atoms with E-state index in [1.807, 2.05) is 36.9 Å². The molecular weight excluding hydrogens is 474 g/mol. The first-order valence-electron chi connectivity index (χ1n) is 13.0. The van der Waals surface area contributed by atoms with Gasteiger partial charge >= 0.3 is 0 Å². The quantitative estimate of drug-likeness (QED) is 0.664. The van der Waals surface area contributed by atoms with Gasteiger partial charge in [0.2, 0.25) is 5.91 Å². The topological polar surface area (TPSA) is 79.0 Å². The van der Waals surface area contributed by atoms with Gasteiger partial charge in [0, 0.05) is 26.2 Å². The SMILES string of the molecule is COc1cc(C)c(S(=O)(=O)N2CCCc3ccc(CC(=O)N4CCC5(CCNC5)CC4)cc32)c(C)c1. The number of anilines is 1. The molecular formula is C28H37N3O4S. The molecule has 3 heterocycles. The molecule has 1 N–H and O–H groups in total. The van der Waals surface area contributed by atoms with E-state index in [1.54, 1.807) is 23.5 Å². The second kappa shape index (κ2) is 9.71. The second-order valence-electron chi connectivity index (χ2n) is 10.7. The van der Waals surface area contributed by atoms with Gasteiger partial charge in [0.1, 0.15) is 5.75 Å². The average molecular weight is 512 g/mol. The van der Waals surface area contributed by atoms with E-state index < -0.39 is 10.0 Å². The van der Waals surface area contributed by atoms with E-state index >= 15 is 0 Å². The third-order valence-electron chi connectivity index (χ3n) is 8.31. The zero-order valence-electron chi connectivity index (χ0n) is 21.6. The standard InChI is InChI=1S/C28H37N3O4S/c1-20-15-24(35-3)16-21(2)27(20)36(33,34)31-12-4-5-23-7-6-22(17-25(23)31)18-26(32)30-13-9-28(10-14-30)8-11-29-19-28/h6-7,15-17,29H,4-5,8-14,18-19H2,1-3H3. The van der Waals surface area contributed by atoms with Gasteiger partial charge in [-0.15, -0.1) is 0 Å². The summed E-state index contributed by atoms with van der Waals surface area (Å²) in [6.45, 7) is 7.82. The van der Waals surface area contributed by atoms with Gasteiger partial charge in [-0.3, -0.25) is 9.10 Å². The number of amides is 1. The molecule has 2 fully saturated rings. The zero-order chi connectivity index (χ0) is 25.5. The minimum Gasteiger partial charge on any atom is -0.497 e. The van der Waals surface area contributed by atoms with E-state index in [1.165, 1.54) is 6.42 Å². The van der Waals surface area contributed by atoms with Crippen LogP contribution < -0.4 is 14.4 Å². The smallest absolute Gasteiger partial charge is 0.264 e. The Hall–Kier alpha value is -2.58. The third kappa shape index (κ3) is 4.61. The number of methoxy groups -OCH3 is 1. The number of fused-ring (bicyclic) bond motifs is 1. The highest BCUT2D eigenvalue weighted by Gasteiger charge is 2.38. The van der Waals surface area contributed by atoms with Crippen molar-refractivity contribution in [1.82, 2.24) is 10.2 Å². The van der Waals surface area contributed by atoms with Crippen LogP contribution in [0.5, 0.6) is 5.75 Å². The van der Waals surface area contributed by atoms with Crippen LogP contribution >= 0.6 is 0 Å². The number of aryl methyl sites for hydroxylation is 3. The predicted molar refractivity (Wildman–Crippen MR) is 141 cm³/mol. The molecule has 0 unspecified atom stereocenters. The van der Waals surface area contributed by atoms with E-state index in [0.29, 0.717) is 45.8 Å². The Kier molecular flexibility index (Phi) is 6.76. The summed E-state index contributed by atoms with van der Waals surface area (Å²) >= 11 is 0. The lowest BCUT2D eigenvalue weighted by Crippen LogP contribution is -2.44. The van der Waals surface area contributed by atoms with Crippen LogP contribution in [0.2, 0.25) is 0 Å². The van der Waals surface area contributed by atoms with Crippen molar-refractivity contribution in [2.75, 3.05) is 44.1 Å². The lowest BCUT2D eigenvalue weighted by Gasteiger charge is -2.39. The lowest BCUT2D eigenvalue weighted by atomic mass is 9.78. The van der Waals surface area contributed by atoms with E-state index in [0.717, 1.165) is 63.0 Å². The minimum atomic E-state index is -3.76. The van der Waals surface area contributed by atoms with Crippen LogP contribution in [0.3, 0.4) is 0 Å². The molecule has 0 radical (unpaired) electrons. The normalized spacial score (nSPS) is 19.4. The van der Waals surface area contributed by atoms with Crippen molar-refractivity contribution in [2.24, 2.45) is 5.41 Å². The zero-order valence-corrected chi connectivity index (χ0v) is 22.4. The molecule has 36 heavy (non-hydrogen) atoms. The van der Waals surface area contributed by atoms with Gasteiger partial charge in [0.25, 0.3) is 10.0 Å². The maximum absolute atomic E-state index is 13.9. The Morgan fingerprint density at radius 3 is 2.42 bits per heavy atom. The van der Waals surface area contributed by atoms with Gasteiger partial charge in [0.05, 0.1) is 24.1 Å². The Morgan fingerprint density at radius 1 is 1.06 bits per heavy atom.